The van der Waals surface area contributed by atoms with Crippen LogP contribution in [0.2, 0.25) is 0 Å². The van der Waals surface area contributed by atoms with Gasteiger partial charge in [-0.2, -0.15) is 0 Å². The smallest absolute Gasteiger partial charge is 0.257 e. The van der Waals surface area contributed by atoms with E-state index in [-0.39, 0.29) is 5.91 Å². The zero-order valence-electron chi connectivity index (χ0n) is 10.5. The van der Waals surface area contributed by atoms with Crippen molar-refractivity contribution < 1.29 is 4.79 Å². The Morgan fingerprint density at radius 3 is 2.68 bits per heavy atom. The number of benzene rings is 1. The summed E-state index contributed by atoms with van der Waals surface area (Å²) in [7, 11) is 0. The van der Waals surface area contributed by atoms with Gasteiger partial charge in [0.15, 0.2) is 0 Å². The molecule has 1 aromatic carbocycles. The van der Waals surface area contributed by atoms with E-state index in [2.05, 4.69) is 38.2 Å². The number of rotatable bonds is 4. The predicted octanol–water partition coefficient (Wildman–Crippen LogP) is 3.37. The zero-order valence-corrected chi connectivity index (χ0v) is 12.6. The number of hydrogen-bond acceptors (Lipinski definition) is 3. The Hall–Kier alpha value is -1.63. The molecule has 0 spiro atoms. The molecule has 19 heavy (non-hydrogen) atoms. The topological polar surface area (TPSA) is 54.0 Å². The van der Waals surface area contributed by atoms with Crippen LogP contribution in [0.25, 0.3) is 0 Å². The molecule has 1 aromatic heterocycles. The Morgan fingerprint density at radius 1 is 1.26 bits per heavy atom. The van der Waals surface area contributed by atoms with Gasteiger partial charge in [-0.05, 0) is 53.8 Å². The molecular weight excluding hydrogens is 353 g/mol. The molecule has 2 N–H and O–H groups in total. The molecule has 4 nitrogen and oxygen atoms in total. The molecule has 0 bridgehead atoms. The van der Waals surface area contributed by atoms with E-state index in [1.807, 2.05) is 31.2 Å². The molecule has 1 amide bonds. The van der Waals surface area contributed by atoms with Crippen molar-refractivity contribution >= 4 is 40.0 Å². The Bertz CT molecular complexity index is 569. The lowest BCUT2D eigenvalue weighted by Crippen LogP contribution is -2.13. The van der Waals surface area contributed by atoms with Gasteiger partial charge in [0.1, 0.15) is 5.82 Å². The molecule has 0 aliphatic heterocycles. The first-order valence-corrected chi connectivity index (χ1v) is 7.04. The second-order valence-electron chi connectivity index (χ2n) is 3.90. The molecule has 0 aliphatic rings. The molecule has 2 aromatic rings. The standard InChI is InChI=1S/C14H14IN3O/c1-2-16-13-8-7-10(9-17-13)14(19)18-12-6-4-3-5-11(12)15/h3-9H,2H2,1H3,(H,16,17)(H,18,19). The fourth-order valence-corrected chi connectivity index (χ4v) is 2.09. The van der Waals surface area contributed by atoms with Crippen molar-refractivity contribution in [2.24, 2.45) is 0 Å². The summed E-state index contributed by atoms with van der Waals surface area (Å²) in [4.78, 5) is 16.2. The van der Waals surface area contributed by atoms with Crippen LogP contribution in [0, 0.1) is 3.57 Å². The second-order valence-corrected chi connectivity index (χ2v) is 5.06. The molecule has 0 atom stereocenters. The van der Waals surface area contributed by atoms with Gasteiger partial charge < -0.3 is 10.6 Å². The number of carbonyl (C=O) groups excluding carboxylic acids is 1. The maximum absolute atomic E-state index is 12.1. The summed E-state index contributed by atoms with van der Waals surface area (Å²) in [6, 6.07) is 11.2. The molecule has 0 saturated carbocycles. The summed E-state index contributed by atoms with van der Waals surface area (Å²) < 4.78 is 1.01. The van der Waals surface area contributed by atoms with Crippen LogP contribution in [0.1, 0.15) is 17.3 Å². The van der Waals surface area contributed by atoms with Crippen LogP contribution in [0.4, 0.5) is 11.5 Å². The summed E-state index contributed by atoms with van der Waals surface area (Å²) in [6.45, 7) is 2.81. The normalized spacial score (nSPS) is 10.0. The summed E-state index contributed by atoms with van der Waals surface area (Å²) in [6.07, 6.45) is 1.57. The highest BCUT2D eigenvalue weighted by Gasteiger charge is 2.08. The molecule has 0 saturated heterocycles. The first-order valence-electron chi connectivity index (χ1n) is 5.96. The van der Waals surface area contributed by atoms with Crippen LogP contribution in [0.3, 0.4) is 0 Å². The van der Waals surface area contributed by atoms with E-state index in [1.165, 1.54) is 0 Å². The van der Waals surface area contributed by atoms with Crippen molar-refractivity contribution in [3.8, 4) is 0 Å². The van der Waals surface area contributed by atoms with Gasteiger partial charge in [0.2, 0.25) is 0 Å². The van der Waals surface area contributed by atoms with Gasteiger partial charge in [0.25, 0.3) is 5.91 Å². The van der Waals surface area contributed by atoms with Crippen molar-refractivity contribution in [1.29, 1.82) is 0 Å². The number of nitrogens with zero attached hydrogens (tertiary/aromatic N) is 1. The summed E-state index contributed by atoms with van der Waals surface area (Å²) in [5.74, 6) is 0.619. The summed E-state index contributed by atoms with van der Waals surface area (Å²) >= 11 is 2.19. The van der Waals surface area contributed by atoms with Crippen LogP contribution < -0.4 is 10.6 Å². The highest BCUT2D eigenvalue weighted by atomic mass is 127. The van der Waals surface area contributed by atoms with Crippen LogP contribution in [-0.2, 0) is 0 Å². The van der Waals surface area contributed by atoms with Crippen LogP contribution in [0.15, 0.2) is 42.6 Å². The Labute approximate surface area is 125 Å². The minimum Gasteiger partial charge on any atom is -0.370 e. The van der Waals surface area contributed by atoms with E-state index in [0.717, 1.165) is 21.6 Å². The number of para-hydroxylation sites is 1. The number of halogens is 1. The number of anilines is 2. The average molecular weight is 367 g/mol. The molecule has 1 heterocycles. The molecule has 0 aliphatic carbocycles. The number of pyridine rings is 1. The van der Waals surface area contributed by atoms with Gasteiger partial charge in [0, 0.05) is 16.3 Å². The lowest BCUT2D eigenvalue weighted by Gasteiger charge is -2.07. The third-order valence-electron chi connectivity index (χ3n) is 2.51. The first kappa shape index (κ1) is 13.8. The van der Waals surface area contributed by atoms with E-state index in [0.29, 0.717) is 5.56 Å². The highest BCUT2D eigenvalue weighted by Crippen LogP contribution is 2.18. The summed E-state index contributed by atoms with van der Waals surface area (Å²) in [5.41, 5.74) is 1.35. The Morgan fingerprint density at radius 2 is 2.05 bits per heavy atom. The molecular formula is C14H14IN3O. The number of amides is 1. The molecule has 98 valence electrons. The third kappa shape index (κ3) is 3.66. The van der Waals surface area contributed by atoms with Gasteiger partial charge in [-0.25, -0.2) is 4.98 Å². The minimum atomic E-state index is -0.153. The number of hydrogen-bond donors (Lipinski definition) is 2. The van der Waals surface area contributed by atoms with Gasteiger partial charge >= 0.3 is 0 Å². The van der Waals surface area contributed by atoms with Gasteiger partial charge in [-0.1, -0.05) is 12.1 Å². The first-order chi connectivity index (χ1) is 9.20. The van der Waals surface area contributed by atoms with Crippen molar-refractivity contribution in [2.75, 3.05) is 17.2 Å². The molecule has 0 unspecified atom stereocenters. The Kier molecular flexibility index (Phi) is 4.73. The van der Waals surface area contributed by atoms with E-state index < -0.39 is 0 Å². The Balaban J connectivity index is 2.10. The second kappa shape index (κ2) is 6.51. The predicted molar refractivity (Wildman–Crippen MR) is 85.5 cm³/mol. The van der Waals surface area contributed by atoms with Gasteiger partial charge in [-0.15, -0.1) is 0 Å². The fourth-order valence-electron chi connectivity index (χ4n) is 1.57. The summed E-state index contributed by atoms with van der Waals surface area (Å²) in [5, 5.41) is 5.96. The maximum atomic E-state index is 12.1. The maximum Gasteiger partial charge on any atom is 0.257 e. The monoisotopic (exact) mass is 367 g/mol. The largest absolute Gasteiger partial charge is 0.370 e. The molecule has 0 fully saturated rings. The lowest BCUT2D eigenvalue weighted by molar-refractivity contribution is 0.102. The third-order valence-corrected chi connectivity index (χ3v) is 3.45. The quantitative estimate of drug-likeness (QED) is 0.815. The van der Waals surface area contributed by atoms with E-state index >= 15 is 0 Å². The van der Waals surface area contributed by atoms with E-state index in [4.69, 9.17) is 0 Å². The molecule has 5 heteroatoms. The van der Waals surface area contributed by atoms with Crippen molar-refractivity contribution in [2.45, 2.75) is 6.92 Å². The average Bonchev–Trinajstić information content (AvgIpc) is 2.42. The number of aromatic nitrogens is 1. The fraction of sp³-hybridized carbons (Fsp3) is 0.143. The number of carbonyl (C=O) groups is 1. The van der Waals surface area contributed by atoms with Crippen LogP contribution in [-0.4, -0.2) is 17.4 Å². The highest BCUT2D eigenvalue weighted by molar-refractivity contribution is 14.1. The van der Waals surface area contributed by atoms with E-state index in [1.54, 1.807) is 18.3 Å². The van der Waals surface area contributed by atoms with Gasteiger partial charge in [-0.3, -0.25) is 4.79 Å². The molecule has 2 rings (SSSR count). The minimum absolute atomic E-state index is 0.153. The number of nitrogens with one attached hydrogen (secondary N) is 2. The van der Waals surface area contributed by atoms with Crippen molar-refractivity contribution in [3.63, 3.8) is 0 Å². The van der Waals surface area contributed by atoms with Crippen LogP contribution >= 0.6 is 22.6 Å². The van der Waals surface area contributed by atoms with Crippen molar-refractivity contribution in [1.82, 2.24) is 4.98 Å². The SMILES string of the molecule is CCNc1ccc(C(=O)Nc2ccccc2I)cn1. The van der Waals surface area contributed by atoms with E-state index in [9.17, 15) is 4.79 Å². The zero-order chi connectivity index (χ0) is 13.7. The lowest BCUT2D eigenvalue weighted by atomic mass is 10.2. The van der Waals surface area contributed by atoms with Gasteiger partial charge in [0.05, 0.1) is 11.3 Å². The molecule has 0 radical (unpaired) electrons. The van der Waals surface area contributed by atoms with Crippen molar-refractivity contribution in [3.05, 3.63) is 51.7 Å². The van der Waals surface area contributed by atoms with Crippen LogP contribution in [0.5, 0.6) is 0 Å².